The van der Waals surface area contributed by atoms with E-state index < -0.39 is 0 Å². The summed E-state index contributed by atoms with van der Waals surface area (Å²) in [6.45, 7) is 3.99. The number of hydrogen-bond donors (Lipinski definition) is 1. The molecule has 1 N–H and O–H groups in total. The Kier molecular flexibility index (Phi) is 4.56. The molecule has 0 aliphatic carbocycles. The highest BCUT2D eigenvalue weighted by Gasteiger charge is 2.15. The number of aromatic nitrogens is 2. The van der Waals surface area contributed by atoms with Gasteiger partial charge in [-0.1, -0.05) is 47.1 Å². The van der Waals surface area contributed by atoms with E-state index in [1.807, 2.05) is 67.8 Å². The molecule has 4 aromatic rings. The Morgan fingerprint density at radius 3 is 2.56 bits per heavy atom. The van der Waals surface area contributed by atoms with Gasteiger partial charge in [-0.3, -0.25) is 4.79 Å². The minimum absolute atomic E-state index is 0.167. The van der Waals surface area contributed by atoms with E-state index in [1.54, 1.807) is 17.4 Å². The third kappa shape index (κ3) is 3.80. The van der Waals surface area contributed by atoms with Crippen molar-refractivity contribution in [2.45, 2.75) is 13.8 Å². The zero-order valence-electron chi connectivity index (χ0n) is 14.9. The van der Waals surface area contributed by atoms with Crippen LogP contribution in [0.3, 0.4) is 0 Å². The van der Waals surface area contributed by atoms with Crippen molar-refractivity contribution in [3.05, 3.63) is 76.3 Å². The number of amides is 1. The largest absolute Gasteiger partial charge is 0.350 e. The van der Waals surface area contributed by atoms with Crippen LogP contribution in [0.25, 0.3) is 22.5 Å². The number of carbonyl (C=O) groups excluding carboxylic acids is 1. The number of thiazole rings is 1. The summed E-state index contributed by atoms with van der Waals surface area (Å²) in [7, 11) is 0. The summed E-state index contributed by atoms with van der Waals surface area (Å²) in [5.41, 5.74) is 5.23. The van der Waals surface area contributed by atoms with Crippen molar-refractivity contribution in [3.8, 4) is 22.5 Å². The van der Waals surface area contributed by atoms with Crippen LogP contribution >= 0.6 is 11.3 Å². The maximum absolute atomic E-state index is 12.5. The molecule has 0 bridgehead atoms. The Balaban J connectivity index is 1.52. The minimum atomic E-state index is -0.340. The molecule has 0 saturated heterocycles. The highest BCUT2D eigenvalue weighted by molar-refractivity contribution is 7.09. The monoisotopic (exact) mass is 375 g/mol. The number of benzene rings is 2. The van der Waals surface area contributed by atoms with E-state index in [-0.39, 0.29) is 11.7 Å². The molecule has 0 aliphatic heterocycles. The fourth-order valence-electron chi connectivity index (χ4n) is 2.69. The summed E-state index contributed by atoms with van der Waals surface area (Å²) in [5.74, 6) is -0.173. The van der Waals surface area contributed by atoms with Gasteiger partial charge in [0.05, 0.1) is 10.7 Å². The predicted molar refractivity (Wildman–Crippen MR) is 107 cm³/mol. The van der Waals surface area contributed by atoms with Crippen molar-refractivity contribution in [1.82, 2.24) is 10.1 Å². The van der Waals surface area contributed by atoms with Crippen molar-refractivity contribution in [3.63, 3.8) is 0 Å². The van der Waals surface area contributed by atoms with Gasteiger partial charge in [0, 0.05) is 28.3 Å². The average molecular weight is 375 g/mol. The Labute approximate surface area is 160 Å². The van der Waals surface area contributed by atoms with Crippen molar-refractivity contribution < 1.29 is 9.32 Å². The Hall–Kier alpha value is -3.25. The summed E-state index contributed by atoms with van der Waals surface area (Å²) in [5, 5.41) is 9.86. The second-order valence-electron chi connectivity index (χ2n) is 6.23. The smallest absolute Gasteiger partial charge is 0.294 e. The van der Waals surface area contributed by atoms with E-state index in [0.717, 1.165) is 27.4 Å². The summed E-state index contributed by atoms with van der Waals surface area (Å²) in [6, 6.07) is 17.1. The summed E-state index contributed by atoms with van der Waals surface area (Å²) >= 11 is 1.60. The second kappa shape index (κ2) is 7.17. The fraction of sp³-hybridized carbons (Fsp3) is 0.0952. The molecule has 134 valence electrons. The fourth-order valence-corrected chi connectivity index (χ4v) is 3.31. The molecule has 0 radical (unpaired) electrons. The third-order valence-corrected chi connectivity index (χ3v) is 4.89. The molecule has 0 aliphatic rings. The quantitative estimate of drug-likeness (QED) is 0.523. The second-order valence-corrected chi connectivity index (χ2v) is 7.29. The molecular formula is C21H17N3O2S. The van der Waals surface area contributed by atoms with Crippen LogP contribution < -0.4 is 5.32 Å². The highest BCUT2D eigenvalue weighted by atomic mass is 32.1. The van der Waals surface area contributed by atoms with E-state index in [4.69, 9.17) is 4.52 Å². The lowest BCUT2D eigenvalue weighted by Crippen LogP contribution is -2.10. The molecule has 2 aromatic heterocycles. The first-order valence-electron chi connectivity index (χ1n) is 8.46. The van der Waals surface area contributed by atoms with Gasteiger partial charge in [-0.2, -0.15) is 0 Å². The lowest BCUT2D eigenvalue weighted by molar-refractivity contribution is 0.0988. The Morgan fingerprint density at radius 2 is 1.81 bits per heavy atom. The van der Waals surface area contributed by atoms with Gasteiger partial charge < -0.3 is 9.84 Å². The minimum Gasteiger partial charge on any atom is -0.350 e. The lowest BCUT2D eigenvalue weighted by atomic mass is 10.1. The molecule has 0 fully saturated rings. The average Bonchev–Trinajstić information content (AvgIpc) is 3.32. The zero-order chi connectivity index (χ0) is 18.8. The molecule has 1 amide bonds. The van der Waals surface area contributed by atoms with Gasteiger partial charge in [-0.15, -0.1) is 11.3 Å². The first kappa shape index (κ1) is 17.2. The van der Waals surface area contributed by atoms with Crippen LogP contribution in [0, 0.1) is 13.8 Å². The molecule has 0 unspecified atom stereocenters. The molecule has 0 atom stereocenters. The maximum Gasteiger partial charge on any atom is 0.294 e. The Bertz CT molecular complexity index is 1100. The van der Waals surface area contributed by atoms with E-state index in [9.17, 15) is 4.79 Å². The molecule has 4 rings (SSSR count). The normalized spacial score (nSPS) is 10.7. The lowest BCUT2D eigenvalue weighted by Gasteiger charge is -2.04. The van der Waals surface area contributed by atoms with Gasteiger partial charge in [-0.25, -0.2) is 4.98 Å². The van der Waals surface area contributed by atoms with E-state index in [2.05, 4.69) is 15.5 Å². The number of anilines is 1. The first-order chi connectivity index (χ1) is 13.1. The van der Waals surface area contributed by atoms with Gasteiger partial charge in [0.2, 0.25) is 5.76 Å². The predicted octanol–water partition coefficient (Wildman–Crippen LogP) is 5.33. The summed E-state index contributed by atoms with van der Waals surface area (Å²) in [4.78, 5) is 17.0. The van der Waals surface area contributed by atoms with Gasteiger partial charge in [-0.05, 0) is 26.0 Å². The van der Waals surface area contributed by atoms with E-state index >= 15 is 0 Å². The molecule has 5 nitrogen and oxygen atoms in total. The molecule has 6 heteroatoms. The molecule has 27 heavy (non-hydrogen) atoms. The number of hydrogen-bond acceptors (Lipinski definition) is 5. The Morgan fingerprint density at radius 1 is 1.00 bits per heavy atom. The van der Waals surface area contributed by atoms with Gasteiger partial charge >= 0.3 is 0 Å². The van der Waals surface area contributed by atoms with Crippen LogP contribution in [-0.2, 0) is 0 Å². The number of carbonyl (C=O) groups is 1. The maximum atomic E-state index is 12.5. The van der Waals surface area contributed by atoms with Crippen molar-refractivity contribution in [2.75, 3.05) is 5.32 Å². The van der Waals surface area contributed by atoms with Crippen molar-refractivity contribution >= 4 is 22.9 Å². The number of rotatable bonds is 4. The van der Waals surface area contributed by atoms with Crippen molar-refractivity contribution in [2.24, 2.45) is 0 Å². The van der Waals surface area contributed by atoms with Gasteiger partial charge in [0.25, 0.3) is 5.91 Å². The molecule has 2 aromatic carbocycles. The van der Waals surface area contributed by atoms with Crippen molar-refractivity contribution in [1.29, 1.82) is 0 Å². The van der Waals surface area contributed by atoms with Gasteiger partial charge in [0.15, 0.2) is 0 Å². The van der Waals surface area contributed by atoms with Crippen LogP contribution in [0.2, 0.25) is 0 Å². The van der Waals surface area contributed by atoms with Crippen LogP contribution in [0.4, 0.5) is 5.69 Å². The molecule has 0 spiro atoms. The molecular weight excluding hydrogens is 358 g/mol. The zero-order valence-corrected chi connectivity index (χ0v) is 15.7. The first-order valence-corrected chi connectivity index (χ1v) is 9.34. The number of nitrogens with one attached hydrogen (secondary N) is 1. The SMILES string of the molecule is Cc1ccc(-c2cc(C(=O)Nc3cccc(-c4csc(C)n4)c3)on2)cc1. The highest BCUT2D eigenvalue weighted by Crippen LogP contribution is 2.25. The van der Waals surface area contributed by atoms with Crippen LogP contribution in [-0.4, -0.2) is 16.0 Å². The summed E-state index contributed by atoms with van der Waals surface area (Å²) < 4.78 is 5.23. The van der Waals surface area contributed by atoms with Gasteiger partial charge in [0.1, 0.15) is 5.69 Å². The van der Waals surface area contributed by atoms with Crippen LogP contribution in [0.15, 0.2) is 64.5 Å². The van der Waals surface area contributed by atoms with Crippen LogP contribution in [0.5, 0.6) is 0 Å². The molecule has 2 heterocycles. The van der Waals surface area contributed by atoms with Crippen LogP contribution in [0.1, 0.15) is 21.1 Å². The molecule has 0 saturated carbocycles. The summed E-state index contributed by atoms with van der Waals surface area (Å²) in [6.07, 6.45) is 0. The standard InChI is InChI=1S/C21H17N3O2S/c1-13-6-8-15(9-7-13)18-11-20(26-24-18)21(25)23-17-5-3-4-16(10-17)19-12-27-14(2)22-19/h3-12H,1-2H3,(H,23,25). The van der Waals surface area contributed by atoms with E-state index in [0.29, 0.717) is 11.4 Å². The number of aryl methyl sites for hydroxylation is 2. The third-order valence-electron chi connectivity index (χ3n) is 4.12. The van der Waals surface area contributed by atoms with E-state index in [1.165, 1.54) is 0 Å². The topological polar surface area (TPSA) is 68.0 Å². The number of nitrogens with zero attached hydrogens (tertiary/aromatic N) is 2.